The van der Waals surface area contributed by atoms with E-state index in [-0.39, 0.29) is 30.1 Å². The van der Waals surface area contributed by atoms with E-state index in [9.17, 15) is 22.8 Å². The normalized spacial score (nSPS) is 18.6. The number of hydrogen-bond donors (Lipinski definition) is 3. The topological polar surface area (TPSA) is 138 Å². The number of aromatic amines is 1. The minimum absolute atomic E-state index is 0.0258. The van der Waals surface area contributed by atoms with Crippen molar-refractivity contribution in [1.82, 2.24) is 20.2 Å². The number of H-pyrrole nitrogens is 1. The summed E-state index contributed by atoms with van der Waals surface area (Å²) in [6.07, 6.45) is 2.45. The van der Waals surface area contributed by atoms with E-state index in [1.54, 1.807) is 18.2 Å². The maximum absolute atomic E-state index is 13.3. The molecule has 2 bridgehead atoms. The molecule has 184 valence electrons. The van der Waals surface area contributed by atoms with Crippen LogP contribution in [-0.4, -0.2) is 48.7 Å². The number of nitrogens with zero attached hydrogens (tertiary/aromatic N) is 1. The summed E-state index contributed by atoms with van der Waals surface area (Å²) < 4.78 is 28.3. The first-order valence-corrected chi connectivity index (χ1v) is 13.1. The summed E-state index contributed by atoms with van der Waals surface area (Å²) in [6, 6.07) is 8.67. The summed E-state index contributed by atoms with van der Waals surface area (Å²) in [6.45, 7) is 4.14. The third-order valence-electron chi connectivity index (χ3n) is 5.78. The quantitative estimate of drug-likeness (QED) is 0.486. The van der Waals surface area contributed by atoms with Gasteiger partial charge in [-0.2, -0.15) is 5.10 Å². The number of hydrogen-bond acceptors (Lipinski definition) is 6. The minimum atomic E-state index is -3.93. The van der Waals surface area contributed by atoms with Gasteiger partial charge in [-0.15, -0.1) is 0 Å². The van der Waals surface area contributed by atoms with Gasteiger partial charge in [-0.3, -0.25) is 19.5 Å². The summed E-state index contributed by atoms with van der Waals surface area (Å²) in [5.41, 5.74) is 1.53. The van der Waals surface area contributed by atoms with Gasteiger partial charge < -0.3 is 5.32 Å². The van der Waals surface area contributed by atoms with Crippen molar-refractivity contribution in [2.45, 2.75) is 63.3 Å². The maximum Gasteiger partial charge on any atom is 0.287 e. The molecule has 0 saturated heterocycles. The number of fused-ring (bicyclic) bond motifs is 2. The van der Waals surface area contributed by atoms with Gasteiger partial charge in [0.1, 0.15) is 0 Å². The third kappa shape index (κ3) is 7.07. The Balaban J connectivity index is 1.82. The Labute approximate surface area is 200 Å². The third-order valence-corrected chi connectivity index (χ3v) is 7.27. The largest absolute Gasteiger partial charge is 0.349 e. The smallest absolute Gasteiger partial charge is 0.287 e. The van der Waals surface area contributed by atoms with Crippen LogP contribution in [0.15, 0.2) is 41.3 Å². The van der Waals surface area contributed by atoms with Crippen LogP contribution in [0.1, 0.15) is 50.9 Å². The predicted octanol–water partition coefficient (Wildman–Crippen LogP) is 1.94. The lowest BCUT2D eigenvalue weighted by Crippen LogP contribution is -2.44. The molecule has 2 atom stereocenters. The molecule has 0 radical (unpaired) electrons. The number of sulfonamides is 1. The minimum Gasteiger partial charge on any atom is -0.349 e. The lowest BCUT2D eigenvalue weighted by atomic mass is 9.88. The number of Topliss-reactive ketones (excluding diaryl/α,β-unsaturated/α-hetero) is 2. The number of aryl methyl sites for hydroxylation is 1. The van der Waals surface area contributed by atoms with Crippen molar-refractivity contribution in [3.8, 4) is 0 Å². The van der Waals surface area contributed by atoms with Gasteiger partial charge in [0.2, 0.25) is 15.8 Å². The van der Waals surface area contributed by atoms with E-state index in [4.69, 9.17) is 0 Å². The van der Waals surface area contributed by atoms with Crippen LogP contribution < -0.4 is 10.0 Å². The Kier molecular flexibility index (Phi) is 8.73. The number of amides is 1. The van der Waals surface area contributed by atoms with Crippen molar-refractivity contribution < 1.29 is 22.8 Å². The van der Waals surface area contributed by atoms with E-state index in [0.717, 1.165) is 18.5 Å². The average Bonchev–Trinajstić information content (AvgIpc) is 3.24. The first-order valence-electron chi connectivity index (χ1n) is 11.6. The fourth-order valence-electron chi connectivity index (χ4n) is 4.03. The summed E-state index contributed by atoms with van der Waals surface area (Å²) in [4.78, 5) is 38.7. The molecule has 1 aliphatic rings. The van der Waals surface area contributed by atoms with Gasteiger partial charge in [-0.1, -0.05) is 32.0 Å². The van der Waals surface area contributed by atoms with Gasteiger partial charge in [0.15, 0.2) is 5.78 Å². The summed E-state index contributed by atoms with van der Waals surface area (Å²) in [5.74, 6) is -2.72. The highest BCUT2D eigenvalue weighted by Crippen LogP contribution is 2.20. The van der Waals surface area contributed by atoms with Gasteiger partial charge in [0.05, 0.1) is 16.6 Å². The number of carbonyl (C=O) groups is 3. The summed E-state index contributed by atoms with van der Waals surface area (Å²) >= 11 is 0. The SMILES string of the molecule is CC(C)CC(NS(=O)(=O)c1ccccc1)C(=O)CC1Cc2cc(n[nH]2)CCCCNC(=O)C1=O. The van der Waals surface area contributed by atoms with Crippen molar-refractivity contribution in [3.63, 3.8) is 0 Å². The van der Waals surface area contributed by atoms with Crippen LogP contribution in [0.25, 0.3) is 0 Å². The number of aromatic nitrogens is 2. The predicted molar refractivity (Wildman–Crippen MR) is 126 cm³/mol. The van der Waals surface area contributed by atoms with E-state index in [0.29, 0.717) is 18.7 Å². The molecule has 1 aliphatic heterocycles. The van der Waals surface area contributed by atoms with Gasteiger partial charge >= 0.3 is 0 Å². The van der Waals surface area contributed by atoms with Crippen LogP contribution in [0.2, 0.25) is 0 Å². The molecule has 2 heterocycles. The molecule has 0 spiro atoms. The van der Waals surface area contributed by atoms with E-state index in [2.05, 4.69) is 20.2 Å². The molecule has 1 amide bonds. The van der Waals surface area contributed by atoms with Crippen molar-refractivity contribution >= 4 is 27.5 Å². The Bertz CT molecular complexity index is 1110. The van der Waals surface area contributed by atoms with Crippen LogP contribution in [0.5, 0.6) is 0 Å². The molecule has 1 aromatic carbocycles. The van der Waals surface area contributed by atoms with Crippen molar-refractivity contribution in [1.29, 1.82) is 0 Å². The second kappa shape index (κ2) is 11.5. The zero-order chi connectivity index (χ0) is 24.7. The van der Waals surface area contributed by atoms with Crippen LogP contribution >= 0.6 is 0 Å². The van der Waals surface area contributed by atoms with Gasteiger partial charge in [-0.05, 0) is 56.2 Å². The number of benzene rings is 1. The Hall–Kier alpha value is -2.85. The monoisotopic (exact) mass is 488 g/mol. The average molecular weight is 489 g/mol. The van der Waals surface area contributed by atoms with E-state index in [1.807, 2.05) is 19.9 Å². The Morgan fingerprint density at radius 3 is 2.62 bits per heavy atom. The summed E-state index contributed by atoms with van der Waals surface area (Å²) in [5, 5.41) is 9.79. The van der Waals surface area contributed by atoms with E-state index >= 15 is 0 Å². The fourth-order valence-corrected chi connectivity index (χ4v) is 5.28. The second-order valence-electron chi connectivity index (χ2n) is 9.15. The first-order chi connectivity index (χ1) is 16.2. The molecule has 0 fully saturated rings. The highest BCUT2D eigenvalue weighted by molar-refractivity contribution is 7.89. The second-order valence-corrected chi connectivity index (χ2v) is 10.9. The number of ketones is 2. The van der Waals surface area contributed by atoms with Crippen LogP contribution in [0, 0.1) is 11.8 Å². The summed E-state index contributed by atoms with van der Waals surface area (Å²) in [7, 11) is -3.93. The highest BCUT2D eigenvalue weighted by atomic mass is 32.2. The molecule has 9 nitrogen and oxygen atoms in total. The molecular weight excluding hydrogens is 456 g/mol. The lowest BCUT2D eigenvalue weighted by Gasteiger charge is -2.22. The first kappa shape index (κ1) is 25.8. The van der Waals surface area contributed by atoms with Crippen LogP contribution in [0.4, 0.5) is 0 Å². The molecule has 3 rings (SSSR count). The van der Waals surface area contributed by atoms with Crippen molar-refractivity contribution in [3.05, 3.63) is 47.8 Å². The maximum atomic E-state index is 13.3. The molecule has 0 saturated carbocycles. The lowest BCUT2D eigenvalue weighted by molar-refractivity contribution is -0.141. The molecule has 2 aromatic rings. The highest BCUT2D eigenvalue weighted by Gasteiger charge is 2.33. The molecule has 34 heavy (non-hydrogen) atoms. The molecule has 2 unspecified atom stereocenters. The van der Waals surface area contributed by atoms with Crippen molar-refractivity contribution in [2.24, 2.45) is 11.8 Å². The van der Waals surface area contributed by atoms with E-state index in [1.165, 1.54) is 12.1 Å². The fraction of sp³-hybridized carbons (Fsp3) is 0.500. The number of nitrogens with one attached hydrogen (secondary N) is 3. The van der Waals surface area contributed by atoms with Crippen LogP contribution in [-0.2, 0) is 37.2 Å². The molecule has 1 aromatic heterocycles. The Morgan fingerprint density at radius 2 is 1.91 bits per heavy atom. The molecule has 0 aliphatic carbocycles. The van der Waals surface area contributed by atoms with Crippen LogP contribution in [0.3, 0.4) is 0 Å². The standard InChI is InChI=1S/C24H32N4O5S/c1-16(2)12-21(28-34(32,33)20-9-4-3-5-10-20)22(29)14-17-13-19-15-18(26-27-19)8-6-7-11-25-24(31)23(17)30/h3-5,9-10,15-17,21,28H,6-8,11-14H2,1-2H3,(H,25,31)(H,26,27). The Morgan fingerprint density at radius 1 is 1.18 bits per heavy atom. The van der Waals surface area contributed by atoms with Gasteiger partial charge in [0, 0.05) is 24.6 Å². The zero-order valence-electron chi connectivity index (χ0n) is 19.5. The van der Waals surface area contributed by atoms with Gasteiger partial charge in [0.25, 0.3) is 5.91 Å². The van der Waals surface area contributed by atoms with Crippen molar-refractivity contribution in [2.75, 3.05) is 6.54 Å². The van der Waals surface area contributed by atoms with E-state index < -0.39 is 39.5 Å². The van der Waals surface area contributed by atoms with Gasteiger partial charge in [-0.25, -0.2) is 13.1 Å². The number of rotatable bonds is 8. The molecule has 3 N–H and O–H groups in total. The number of carbonyl (C=O) groups excluding carboxylic acids is 3. The molecule has 10 heteroatoms. The molecular formula is C24H32N4O5S. The zero-order valence-corrected chi connectivity index (χ0v) is 20.4.